The molecule has 0 unspecified atom stereocenters. The quantitative estimate of drug-likeness (QED) is 0.788. The summed E-state index contributed by atoms with van der Waals surface area (Å²) in [5.41, 5.74) is 2.24. The van der Waals surface area contributed by atoms with Gasteiger partial charge in [0.1, 0.15) is 0 Å². The Morgan fingerprint density at radius 3 is 2.32 bits per heavy atom. The topological polar surface area (TPSA) is 38.8 Å². The van der Waals surface area contributed by atoms with Crippen LogP contribution in [0, 0.1) is 6.92 Å². The molecule has 0 bridgehead atoms. The minimum atomic E-state index is -0.437. The molecule has 0 spiro atoms. The van der Waals surface area contributed by atoms with E-state index in [-0.39, 0.29) is 17.1 Å². The first kappa shape index (κ1) is 15.6. The van der Waals surface area contributed by atoms with Crippen LogP contribution < -0.4 is 10.4 Å². The predicted octanol–water partition coefficient (Wildman–Crippen LogP) is 2.42. The van der Waals surface area contributed by atoms with Crippen LogP contribution in [0.25, 0.3) is 0 Å². The lowest BCUT2D eigenvalue weighted by atomic mass is 9.76. The number of benzene rings is 1. The molecule has 1 amide bonds. The predicted molar refractivity (Wildman–Crippen MR) is 88.5 cm³/mol. The molecule has 2 aliphatic heterocycles. The van der Waals surface area contributed by atoms with Crippen molar-refractivity contribution in [2.24, 2.45) is 0 Å². The number of anilines is 1. The van der Waals surface area contributed by atoms with Gasteiger partial charge in [0.2, 0.25) is 5.91 Å². The van der Waals surface area contributed by atoms with Crippen LogP contribution in [0.3, 0.4) is 0 Å². The highest BCUT2D eigenvalue weighted by Crippen LogP contribution is 2.37. The lowest BCUT2D eigenvalue weighted by molar-refractivity contribution is -0.117. The Bertz CT molecular complexity index is 596. The lowest BCUT2D eigenvalue weighted by Gasteiger charge is -2.32. The van der Waals surface area contributed by atoms with Crippen LogP contribution in [0.4, 0.5) is 5.69 Å². The first-order valence-corrected chi connectivity index (χ1v) is 7.98. The number of aryl methyl sites for hydroxylation is 1. The average molecular weight is 301 g/mol. The standard InChI is InChI=1S/C17H24BNO3/c1-12-8-6-9-13(15(12)19-11-7-10-14(19)20)18-21-16(2,3)17(4,5)22-18/h6,8-9H,7,10-11H2,1-5H3. The van der Waals surface area contributed by atoms with Crippen LogP contribution in [0.5, 0.6) is 0 Å². The van der Waals surface area contributed by atoms with Gasteiger partial charge in [0.25, 0.3) is 0 Å². The number of carbonyl (C=O) groups excluding carboxylic acids is 1. The summed E-state index contributed by atoms with van der Waals surface area (Å²) in [7, 11) is -0.437. The molecule has 3 rings (SSSR count). The van der Waals surface area contributed by atoms with Crippen molar-refractivity contribution in [1.82, 2.24) is 0 Å². The fourth-order valence-corrected chi connectivity index (χ4v) is 3.10. The van der Waals surface area contributed by atoms with E-state index in [0.29, 0.717) is 6.42 Å². The molecular formula is C17H24BNO3. The Balaban J connectivity index is 2.02. The zero-order valence-corrected chi connectivity index (χ0v) is 14.1. The monoisotopic (exact) mass is 301 g/mol. The maximum absolute atomic E-state index is 12.2. The molecule has 0 radical (unpaired) electrons. The normalized spacial score (nSPS) is 23.4. The van der Waals surface area contributed by atoms with Gasteiger partial charge in [0.05, 0.1) is 11.2 Å². The number of carbonyl (C=O) groups is 1. The molecule has 0 aliphatic carbocycles. The van der Waals surface area contributed by atoms with Gasteiger partial charge in [-0.1, -0.05) is 18.2 Å². The van der Waals surface area contributed by atoms with Crippen molar-refractivity contribution in [3.63, 3.8) is 0 Å². The van der Waals surface area contributed by atoms with E-state index in [1.54, 1.807) is 0 Å². The van der Waals surface area contributed by atoms with Crippen molar-refractivity contribution in [2.75, 3.05) is 11.4 Å². The van der Waals surface area contributed by atoms with E-state index in [2.05, 4.69) is 0 Å². The van der Waals surface area contributed by atoms with E-state index in [9.17, 15) is 4.79 Å². The molecule has 22 heavy (non-hydrogen) atoms. The highest BCUT2D eigenvalue weighted by molar-refractivity contribution is 6.64. The molecule has 2 heterocycles. The summed E-state index contributed by atoms with van der Waals surface area (Å²) in [5.74, 6) is 0.187. The van der Waals surface area contributed by atoms with Crippen molar-refractivity contribution in [3.8, 4) is 0 Å². The second-order valence-electron chi connectivity index (χ2n) is 7.25. The molecule has 2 fully saturated rings. The van der Waals surface area contributed by atoms with Gasteiger partial charge in [0, 0.05) is 24.1 Å². The summed E-state index contributed by atoms with van der Waals surface area (Å²) >= 11 is 0. The van der Waals surface area contributed by atoms with Gasteiger partial charge in [-0.25, -0.2) is 0 Å². The molecule has 0 atom stereocenters. The third-order valence-electron chi connectivity index (χ3n) is 5.12. The van der Waals surface area contributed by atoms with Crippen molar-refractivity contribution >= 4 is 24.2 Å². The largest absolute Gasteiger partial charge is 0.496 e. The minimum absolute atomic E-state index is 0.187. The first-order chi connectivity index (χ1) is 10.2. The van der Waals surface area contributed by atoms with E-state index in [0.717, 1.165) is 29.7 Å². The number of hydrogen-bond donors (Lipinski definition) is 0. The van der Waals surface area contributed by atoms with E-state index >= 15 is 0 Å². The fourth-order valence-electron chi connectivity index (χ4n) is 3.10. The summed E-state index contributed by atoms with van der Waals surface area (Å²) in [4.78, 5) is 14.1. The van der Waals surface area contributed by atoms with Crippen LogP contribution in [0.1, 0.15) is 46.1 Å². The molecule has 0 N–H and O–H groups in total. The van der Waals surface area contributed by atoms with Crippen molar-refractivity contribution in [2.45, 2.75) is 58.7 Å². The molecule has 0 aromatic heterocycles. The first-order valence-electron chi connectivity index (χ1n) is 7.98. The second kappa shape index (κ2) is 5.10. The molecule has 2 aliphatic rings. The van der Waals surface area contributed by atoms with Gasteiger partial charge in [-0.05, 0) is 46.6 Å². The molecule has 4 nitrogen and oxygen atoms in total. The maximum Gasteiger partial charge on any atom is 0.496 e. The number of para-hydroxylation sites is 1. The van der Waals surface area contributed by atoms with Gasteiger partial charge in [-0.2, -0.15) is 0 Å². The smallest absolute Gasteiger partial charge is 0.399 e. The van der Waals surface area contributed by atoms with E-state index < -0.39 is 7.12 Å². The zero-order chi connectivity index (χ0) is 16.1. The summed E-state index contributed by atoms with van der Waals surface area (Å²) < 4.78 is 12.4. The Hall–Kier alpha value is -1.33. The average Bonchev–Trinajstić information content (AvgIpc) is 2.91. The number of rotatable bonds is 2. The third-order valence-corrected chi connectivity index (χ3v) is 5.12. The van der Waals surface area contributed by atoms with Crippen LogP contribution in [-0.2, 0) is 14.1 Å². The second-order valence-corrected chi connectivity index (χ2v) is 7.25. The molecule has 1 aromatic rings. The Morgan fingerprint density at radius 1 is 1.14 bits per heavy atom. The van der Waals surface area contributed by atoms with Crippen LogP contribution in [0.2, 0.25) is 0 Å². The molecular weight excluding hydrogens is 277 g/mol. The summed E-state index contributed by atoms with van der Waals surface area (Å²) in [6, 6.07) is 6.05. The van der Waals surface area contributed by atoms with Crippen LogP contribution >= 0.6 is 0 Å². The zero-order valence-electron chi connectivity index (χ0n) is 14.1. The highest BCUT2D eigenvalue weighted by atomic mass is 16.7. The van der Waals surface area contributed by atoms with Crippen molar-refractivity contribution in [3.05, 3.63) is 23.8 Å². The van der Waals surface area contributed by atoms with E-state index in [1.165, 1.54) is 0 Å². The number of hydrogen-bond acceptors (Lipinski definition) is 3. The van der Waals surface area contributed by atoms with Crippen molar-refractivity contribution < 1.29 is 14.1 Å². The Kier molecular flexibility index (Phi) is 3.61. The highest BCUT2D eigenvalue weighted by Gasteiger charge is 2.52. The van der Waals surface area contributed by atoms with Gasteiger partial charge < -0.3 is 14.2 Å². The third kappa shape index (κ3) is 2.36. The lowest BCUT2D eigenvalue weighted by Crippen LogP contribution is -2.41. The van der Waals surface area contributed by atoms with Crippen LogP contribution in [0.15, 0.2) is 18.2 Å². The number of nitrogens with zero attached hydrogens (tertiary/aromatic N) is 1. The minimum Gasteiger partial charge on any atom is -0.399 e. The summed E-state index contributed by atoms with van der Waals surface area (Å²) in [6.45, 7) is 11.0. The van der Waals surface area contributed by atoms with Gasteiger partial charge in [-0.3, -0.25) is 4.79 Å². The van der Waals surface area contributed by atoms with Crippen molar-refractivity contribution in [1.29, 1.82) is 0 Å². The van der Waals surface area contributed by atoms with Crippen LogP contribution in [-0.4, -0.2) is 30.8 Å². The van der Waals surface area contributed by atoms with E-state index in [1.807, 2.05) is 57.7 Å². The molecule has 118 valence electrons. The molecule has 1 aromatic carbocycles. The maximum atomic E-state index is 12.2. The SMILES string of the molecule is Cc1cccc(B2OC(C)(C)C(C)(C)O2)c1N1CCCC1=O. The summed E-state index contributed by atoms with van der Waals surface area (Å²) in [5, 5.41) is 0. The number of amides is 1. The van der Waals surface area contributed by atoms with Gasteiger partial charge in [0.15, 0.2) is 0 Å². The Labute approximate surface area is 132 Å². The summed E-state index contributed by atoms with van der Waals surface area (Å²) in [6.07, 6.45) is 1.53. The fraction of sp³-hybridized carbons (Fsp3) is 0.588. The molecule has 2 saturated heterocycles. The van der Waals surface area contributed by atoms with E-state index in [4.69, 9.17) is 9.31 Å². The van der Waals surface area contributed by atoms with Gasteiger partial charge >= 0.3 is 7.12 Å². The van der Waals surface area contributed by atoms with Gasteiger partial charge in [-0.15, -0.1) is 0 Å². The molecule has 5 heteroatoms. The Morgan fingerprint density at radius 2 is 1.77 bits per heavy atom. The molecule has 0 saturated carbocycles.